The van der Waals surface area contributed by atoms with Crippen LogP contribution < -0.4 is 10.2 Å². The monoisotopic (exact) mass is 426 g/mol. The van der Waals surface area contributed by atoms with Gasteiger partial charge in [0.15, 0.2) is 0 Å². The molecule has 0 unspecified atom stereocenters. The van der Waals surface area contributed by atoms with Gasteiger partial charge in [0, 0.05) is 49.0 Å². The SMILES string of the molecule is O=C(CN1C(=O)N[C@@]2(CCCc3sccc32)C1=O)N1CCN(c2ncccn2)CC1. The molecule has 4 heterocycles. The molecule has 1 N–H and O–H groups in total. The molecule has 1 spiro atoms. The molecule has 9 nitrogen and oxygen atoms in total. The van der Waals surface area contributed by atoms with Crippen LogP contribution in [0.25, 0.3) is 0 Å². The van der Waals surface area contributed by atoms with E-state index in [9.17, 15) is 14.4 Å². The normalized spacial score (nSPS) is 23.7. The van der Waals surface area contributed by atoms with Crippen molar-refractivity contribution in [3.8, 4) is 0 Å². The third kappa shape index (κ3) is 3.02. The standard InChI is InChI=1S/C20H22N6O3S/c27-16(24-8-10-25(11-9-24)18-21-6-2-7-22-18)13-26-17(28)20(23-19(26)29)5-1-3-15-14(20)4-12-30-15/h2,4,6-7,12H,1,3,5,8-11,13H2,(H,23,29)/t20-/m1/s1. The molecular formula is C20H22N6O3S. The Morgan fingerprint density at radius 2 is 1.93 bits per heavy atom. The van der Waals surface area contributed by atoms with E-state index in [4.69, 9.17) is 0 Å². The number of urea groups is 1. The van der Waals surface area contributed by atoms with Crippen molar-refractivity contribution in [2.75, 3.05) is 37.6 Å². The summed E-state index contributed by atoms with van der Waals surface area (Å²) in [4.78, 5) is 53.2. The highest BCUT2D eigenvalue weighted by molar-refractivity contribution is 7.10. The topological polar surface area (TPSA) is 98.7 Å². The van der Waals surface area contributed by atoms with Gasteiger partial charge < -0.3 is 15.1 Å². The number of thiophene rings is 1. The lowest BCUT2D eigenvalue weighted by Crippen LogP contribution is -2.52. The van der Waals surface area contributed by atoms with Crippen molar-refractivity contribution in [1.82, 2.24) is 25.1 Å². The van der Waals surface area contributed by atoms with Gasteiger partial charge in [-0.1, -0.05) is 0 Å². The van der Waals surface area contributed by atoms with E-state index in [1.54, 1.807) is 34.7 Å². The maximum absolute atomic E-state index is 13.3. The Morgan fingerprint density at radius 3 is 2.70 bits per heavy atom. The molecule has 10 heteroatoms. The molecule has 0 radical (unpaired) electrons. The van der Waals surface area contributed by atoms with E-state index in [0.29, 0.717) is 38.5 Å². The molecule has 0 saturated carbocycles. The van der Waals surface area contributed by atoms with Gasteiger partial charge in [-0.05, 0) is 36.8 Å². The Hall–Kier alpha value is -3.01. The largest absolute Gasteiger partial charge is 0.338 e. The van der Waals surface area contributed by atoms with Gasteiger partial charge in [0.2, 0.25) is 11.9 Å². The van der Waals surface area contributed by atoms with E-state index in [-0.39, 0.29) is 18.4 Å². The Labute approximate surface area is 177 Å². The van der Waals surface area contributed by atoms with Crippen molar-refractivity contribution < 1.29 is 14.4 Å². The third-order valence-electron chi connectivity index (χ3n) is 6.10. The second kappa shape index (κ2) is 7.35. The lowest BCUT2D eigenvalue weighted by Gasteiger charge is -2.35. The first kappa shape index (κ1) is 19.0. The number of anilines is 1. The zero-order chi connectivity index (χ0) is 20.7. The molecule has 2 saturated heterocycles. The number of carbonyl (C=O) groups is 3. The number of rotatable bonds is 3. The highest BCUT2D eigenvalue weighted by Crippen LogP contribution is 2.42. The lowest BCUT2D eigenvalue weighted by molar-refractivity contribution is -0.139. The van der Waals surface area contributed by atoms with Crippen molar-refractivity contribution >= 4 is 35.1 Å². The van der Waals surface area contributed by atoms with Gasteiger partial charge >= 0.3 is 6.03 Å². The predicted octanol–water partition coefficient (Wildman–Crippen LogP) is 0.970. The Bertz CT molecular complexity index is 987. The number of carbonyl (C=O) groups excluding carboxylic acids is 3. The summed E-state index contributed by atoms with van der Waals surface area (Å²) >= 11 is 1.61. The van der Waals surface area contributed by atoms with Gasteiger partial charge in [0.25, 0.3) is 5.91 Å². The number of nitrogens with one attached hydrogen (secondary N) is 1. The molecule has 5 rings (SSSR count). The second-order valence-corrected chi connectivity index (χ2v) is 8.76. The van der Waals surface area contributed by atoms with Crippen molar-refractivity contribution in [3.05, 3.63) is 40.3 Å². The summed E-state index contributed by atoms with van der Waals surface area (Å²) < 4.78 is 0. The number of imide groups is 1. The van der Waals surface area contributed by atoms with Crippen LogP contribution in [0.3, 0.4) is 0 Å². The minimum atomic E-state index is -1.01. The molecule has 0 bridgehead atoms. The number of nitrogens with zero attached hydrogens (tertiary/aromatic N) is 5. The quantitative estimate of drug-likeness (QED) is 0.735. The molecule has 1 aliphatic carbocycles. The first-order valence-corrected chi connectivity index (χ1v) is 11.0. The van der Waals surface area contributed by atoms with E-state index in [1.165, 1.54) is 0 Å². The van der Waals surface area contributed by atoms with E-state index >= 15 is 0 Å². The molecule has 3 aliphatic rings. The fraction of sp³-hybridized carbons (Fsp3) is 0.450. The molecule has 2 fully saturated rings. The van der Waals surface area contributed by atoms with Crippen LogP contribution in [0.4, 0.5) is 10.7 Å². The second-order valence-electron chi connectivity index (χ2n) is 7.75. The van der Waals surface area contributed by atoms with Gasteiger partial charge in [-0.15, -0.1) is 11.3 Å². The zero-order valence-electron chi connectivity index (χ0n) is 16.4. The van der Waals surface area contributed by atoms with Crippen LogP contribution in [-0.2, 0) is 21.5 Å². The van der Waals surface area contributed by atoms with E-state index < -0.39 is 11.6 Å². The molecule has 2 aromatic heterocycles. The highest BCUT2D eigenvalue weighted by atomic mass is 32.1. The van der Waals surface area contributed by atoms with Gasteiger partial charge in [0.1, 0.15) is 12.1 Å². The fourth-order valence-corrected chi connectivity index (χ4v) is 5.53. The summed E-state index contributed by atoms with van der Waals surface area (Å²) in [6, 6.07) is 3.20. The van der Waals surface area contributed by atoms with E-state index in [0.717, 1.165) is 28.2 Å². The zero-order valence-corrected chi connectivity index (χ0v) is 17.2. The number of aromatic nitrogens is 2. The van der Waals surface area contributed by atoms with Crippen LogP contribution in [0.15, 0.2) is 29.9 Å². The minimum Gasteiger partial charge on any atom is -0.338 e. The van der Waals surface area contributed by atoms with Crippen LogP contribution in [-0.4, -0.2) is 70.3 Å². The number of amides is 4. The maximum Gasteiger partial charge on any atom is 0.325 e. The number of hydrogen-bond acceptors (Lipinski definition) is 7. The average Bonchev–Trinajstić information content (AvgIpc) is 3.35. The van der Waals surface area contributed by atoms with Gasteiger partial charge in [-0.3, -0.25) is 14.5 Å². The summed E-state index contributed by atoms with van der Waals surface area (Å²) in [6.45, 7) is 1.99. The molecule has 156 valence electrons. The highest BCUT2D eigenvalue weighted by Gasteiger charge is 2.54. The van der Waals surface area contributed by atoms with Crippen molar-refractivity contribution in [1.29, 1.82) is 0 Å². The number of hydrogen-bond donors (Lipinski definition) is 1. The number of aryl methyl sites for hydroxylation is 1. The van der Waals surface area contributed by atoms with Crippen LogP contribution in [0, 0.1) is 0 Å². The molecule has 2 aromatic rings. The fourth-order valence-electron chi connectivity index (χ4n) is 4.53. The first-order chi connectivity index (χ1) is 14.6. The molecule has 1 atom stereocenters. The van der Waals surface area contributed by atoms with Gasteiger partial charge in [0.05, 0.1) is 0 Å². The van der Waals surface area contributed by atoms with Gasteiger partial charge in [-0.2, -0.15) is 0 Å². The maximum atomic E-state index is 13.3. The Balaban J connectivity index is 1.25. The van der Waals surface area contributed by atoms with Crippen LogP contribution >= 0.6 is 11.3 Å². The molecular weight excluding hydrogens is 404 g/mol. The lowest BCUT2D eigenvalue weighted by atomic mass is 9.80. The smallest absolute Gasteiger partial charge is 0.325 e. The van der Waals surface area contributed by atoms with Crippen LogP contribution in [0.1, 0.15) is 23.3 Å². The first-order valence-electron chi connectivity index (χ1n) is 10.1. The van der Waals surface area contributed by atoms with E-state index in [2.05, 4.69) is 15.3 Å². The van der Waals surface area contributed by atoms with Crippen LogP contribution in [0.5, 0.6) is 0 Å². The third-order valence-corrected chi connectivity index (χ3v) is 7.08. The predicted molar refractivity (Wildman–Crippen MR) is 110 cm³/mol. The van der Waals surface area contributed by atoms with E-state index in [1.807, 2.05) is 16.3 Å². The summed E-state index contributed by atoms with van der Waals surface area (Å²) in [5.74, 6) is 0.117. The summed E-state index contributed by atoms with van der Waals surface area (Å²) in [5.41, 5.74) is -0.114. The minimum absolute atomic E-state index is 0.217. The Morgan fingerprint density at radius 1 is 1.17 bits per heavy atom. The van der Waals surface area contributed by atoms with Crippen LogP contribution in [0.2, 0.25) is 0 Å². The molecule has 2 aliphatic heterocycles. The summed E-state index contributed by atoms with van der Waals surface area (Å²) in [5, 5.41) is 4.86. The van der Waals surface area contributed by atoms with Crippen molar-refractivity contribution in [2.45, 2.75) is 24.8 Å². The number of piperazine rings is 1. The molecule has 0 aromatic carbocycles. The number of fused-ring (bicyclic) bond motifs is 2. The Kier molecular flexibility index (Phi) is 4.65. The molecule has 4 amide bonds. The summed E-state index contributed by atoms with van der Waals surface area (Å²) in [6.07, 6.45) is 5.72. The van der Waals surface area contributed by atoms with Crippen molar-refractivity contribution in [2.24, 2.45) is 0 Å². The molecule has 30 heavy (non-hydrogen) atoms. The van der Waals surface area contributed by atoms with Gasteiger partial charge in [-0.25, -0.2) is 14.8 Å². The average molecular weight is 427 g/mol. The summed E-state index contributed by atoms with van der Waals surface area (Å²) in [7, 11) is 0. The van der Waals surface area contributed by atoms with Crippen molar-refractivity contribution in [3.63, 3.8) is 0 Å².